The van der Waals surface area contributed by atoms with Gasteiger partial charge in [-0.05, 0) is 60.9 Å². The van der Waals surface area contributed by atoms with Crippen molar-refractivity contribution in [1.82, 2.24) is 35.6 Å². The second kappa shape index (κ2) is 9.35. The average Bonchev–Trinajstić information content (AvgIpc) is 3.38. The minimum absolute atomic E-state index is 0.0697. The molecule has 0 atom stereocenters. The van der Waals surface area contributed by atoms with E-state index >= 15 is 0 Å². The Morgan fingerprint density at radius 3 is 2.81 bits per heavy atom. The number of aromatic nitrogens is 5. The van der Waals surface area contributed by atoms with Crippen LogP contribution in [0.2, 0.25) is 0 Å². The summed E-state index contributed by atoms with van der Waals surface area (Å²) in [6.07, 6.45) is 3.41. The van der Waals surface area contributed by atoms with Crippen LogP contribution in [0.15, 0.2) is 38.5 Å². The maximum Gasteiger partial charge on any atom is 0.293 e. The van der Waals surface area contributed by atoms with E-state index in [4.69, 9.17) is 10.4 Å². The van der Waals surface area contributed by atoms with Crippen molar-refractivity contribution in [1.29, 1.82) is 0 Å². The third-order valence-electron chi connectivity index (χ3n) is 5.06. The van der Waals surface area contributed by atoms with Crippen molar-refractivity contribution in [3.8, 4) is 5.82 Å². The number of nitrogens with two attached hydrogens (primary N) is 1. The van der Waals surface area contributed by atoms with Gasteiger partial charge in [-0.25, -0.2) is 10.1 Å². The number of carbonyl (C=O) groups is 1. The van der Waals surface area contributed by atoms with Crippen LogP contribution >= 0.6 is 15.9 Å². The maximum atomic E-state index is 12.9. The summed E-state index contributed by atoms with van der Waals surface area (Å²) in [5, 5.41) is 19.8. The zero-order valence-corrected chi connectivity index (χ0v) is 18.5. The van der Waals surface area contributed by atoms with Gasteiger partial charge >= 0.3 is 0 Å². The van der Waals surface area contributed by atoms with E-state index in [1.807, 2.05) is 31.2 Å². The lowest BCUT2D eigenvalue weighted by Gasteiger charge is -2.26. The average molecular weight is 488 g/mol. The molecule has 1 fully saturated rings. The molecule has 1 amide bonds. The number of halogens is 1. The summed E-state index contributed by atoms with van der Waals surface area (Å²) >= 11 is 3.43. The quantitative estimate of drug-likeness (QED) is 0.397. The van der Waals surface area contributed by atoms with Crippen LogP contribution in [-0.2, 0) is 6.54 Å². The highest BCUT2D eigenvalue weighted by Crippen LogP contribution is 2.20. The zero-order chi connectivity index (χ0) is 21.8. The molecule has 31 heavy (non-hydrogen) atoms. The van der Waals surface area contributed by atoms with E-state index in [9.17, 15) is 4.79 Å². The summed E-state index contributed by atoms with van der Waals surface area (Å²) in [5.41, 5.74) is 10.7. The molecule has 12 heteroatoms. The molecule has 0 radical (unpaired) electrons. The molecule has 1 saturated heterocycles. The Morgan fingerprint density at radius 1 is 1.29 bits per heavy atom. The summed E-state index contributed by atoms with van der Waals surface area (Å²) < 4.78 is 7.03. The summed E-state index contributed by atoms with van der Waals surface area (Å²) in [6, 6.07) is 7.65. The van der Waals surface area contributed by atoms with E-state index in [1.54, 1.807) is 0 Å². The Kier molecular flexibility index (Phi) is 6.37. The summed E-state index contributed by atoms with van der Waals surface area (Å²) in [7, 11) is 0. The number of hydrogen-bond acceptors (Lipinski definition) is 9. The molecule has 4 rings (SSSR count). The monoisotopic (exact) mass is 487 g/mol. The summed E-state index contributed by atoms with van der Waals surface area (Å²) in [4.78, 5) is 15.2. The van der Waals surface area contributed by atoms with Gasteiger partial charge in [0.2, 0.25) is 11.6 Å². The molecule has 0 spiro atoms. The van der Waals surface area contributed by atoms with Gasteiger partial charge in [-0.3, -0.25) is 9.69 Å². The highest BCUT2D eigenvalue weighted by molar-refractivity contribution is 9.10. The minimum Gasteiger partial charge on any atom is -0.378 e. The second-order valence-electron chi connectivity index (χ2n) is 7.25. The Morgan fingerprint density at radius 2 is 2.10 bits per heavy atom. The largest absolute Gasteiger partial charge is 0.378 e. The fraction of sp³-hybridized carbons (Fsp3) is 0.368. The number of amides is 1. The van der Waals surface area contributed by atoms with Crippen molar-refractivity contribution in [2.75, 3.05) is 18.8 Å². The number of nitrogens with one attached hydrogen (secondary N) is 1. The second-order valence-corrected chi connectivity index (χ2v) is 8.17. The molecule has 1 aliphatic heterocycles. The van der Waals surface area contributed by atoms with Crippen LogP contribution in [0.25, 0.3) is 5.82 Å². The summed E-state index contributed by atoms with van der Waals surface area (Å²) in [6.45, 7) is 4.14. The third-order valence-corrected chi connectivity index (χ3v) is 5.56. The lowest BCUT2D eigenvalue weighted by molar-refractivity contribution is 0.0947. The first kappa shape index (κ1) is 21.1. The molecule has 1 aromatic carbocycles. The molecule has 11 nitrogen and oxygen atoms in total. The van der Waals surface area contributed by atoms with E-state index < -0.39 is 5.91 Å². The van der Waals surface area contributed by atoms with Gasteiger partial charge < -0.3 is 5.73 Å². The van der Waals surface area contributed by atoms with Gasteiger partial charge in [0.15, 0.2) is 5.69 Å². The summed E-state index contributed by atoms with van der Waals surface area (Å²) in [5.74, 6) is -0.199. The molecule has 0 saturated carbocycles. The lowest BCUT2D eigenvalue weighted by Crippen LogP contribution is -2.31. The molecule has 0 aliphatic carbocycles. The number of nitrogen functional groups attached to an aromatic ring is 1. The Labute approximate surface area is 186 Å². The molecule has 3 heterocycles. The first-order valence-electron chi connectivity index (χ1n) is 9.89. The number of hydrogen-bond donors (Lipinski definition) is 2. The number of benzene rings is 1. The van der Waals surface area contributed by atoms with Crippen LogP contribution in [0.4, 0.5) is 5.82 Å². The standard InChI is InChI=1S/C19H22BrN9O2/c1-12(13-6-5-7-14(20)10-13)22-24-19(30)16-15(11-28-8-3-2-4-9-28)29(27-23-16)18-17(21)25-31-26-18/h5-7,10H,2-4,8-9,11H2,1H3,(H2,21,25)(H,24,30)/b22-12+. The van der Waals surface area contributed by atoms with Crippen molar-refractivity contribution in [3.63, 3.8) is 0 Å². The zero-order valence-electron chi connectivity index (χ0n) is 17.0. The van der Waals surface area contributed by atoms with Gasteiger partial charge in [0.1, 0.15) is 0 Å². The maximum absolute atomic E-state index is 12.9. The predicted octanol–water partition coefficient (Wildman–Crippen LogP) is 2.13. The van der Waals surface area contributed by atoms with E-state index in [0.717, 1.165) is 36.0 Å². The van der Waals surface area contributed by atoms with Gasteiger partial charge in [0.05, 0.1) is 11.4 Å². The number of nitrogens with zero attached hydrogens (tertiary/aromatic N) is 7. The van der Waals surface area contributed by atoms with Gasteiger partial charge in [-0.15, -0.1) is 5.10 Å². The van der Waals surface area contributed by atoms with Crippen molar-refractivity contribution in [2.24, 2.45) is 5.10 Å². The first-order valence-corrected chi connectivity index (χ1v) is 10.7. The molecular weight excluding hydrogens is 466 g/mol. The molecule has 0 unspecified atom stereocenters. The highest BCUT2D eigenvalue weighted by atomic mass is 79.9. The van der Waals surface area contributed by atoms with Crippen LogP contribution in [0.3, 0.4) is 0 Å². The van der Waals surface area contributed by atoms with Crippen LogP contribution in [0.5, 0.6) is 0 Å². The van der Waals surface area contributed by atoms with Crippen LogP contribution < -0.4 is 11.2 Å². The van der Waals surface area contributed by atoms with E-state index in [0.29, 0.717) is 18.0 Å². The van der Waals surface area contributed by atoms with E-state index in [-0.39, 0.29) is 17.3 Å². The normalized spacial score (nSPS) is 15.2. The van der Waals surface area contributed by atoms with Crippen molar-refractivity contribution in [3.05, 3.63) is 45.7 Å². The van der Waals surface area contributed by atoms with E-state index in [2.05, 4.69) is 52.0 Å². The number of piperidine rings is 1. The van der Waals surface area contributed by atoms with Crippen molar-refractivity contribution in [2.45, 2.75) is 32.7 Å². The molecule has 3 aromatic rings. The number of carbonyl (C=O) groups excluding carboxylic acids is 1. The predicted molar refractivity (Wildman–Crippen MR) is 117 cm³/mol. The number of rotatable bonds is 6. The Bertz CT molecular complexity index is 1100. The van der Waals surface area contributed by atoms with Crippen molar-refractivity contribution < 1.29 is 9.42 Å². The van der Waals surface area contributed by atoms with Crippen LogP contribution in [-0.4, -0.2) is 54.9 Å². The number of hydrazone groups is 1. The molecule has 2 aromatic heterocycles. The molecule has 0 bridgehead atoms. The smallest absolute Gasteiger partial charge is 0.293 e. The van der Waals surface area contributed by atoms with Gasteiger partial charge in [0.25, 0.3) is 5.91 Å². The van der Waals surface area contributed by atoms with Crippen LogP contribution in [0, 0.1) is 0 Å². The van der Waals surface area contributed by atoms with Gasteiger partial charge in [0, 0.05) is 11.0 Å². The number of likely N-dealkylation sites (tertiary alicyclic amines) is 1. The molecular formula is C19H22BrN9O2. The fourth-order valence-corrected chi connectivity index (χ4v) is 3.82. The molecule has 3 N–H and O–H groups in total. The number of anilines is 1. The van der Waals surface area contributed by atoms with Gasteiger partial charge in [-0.2, -0.15) is 9.78 Å². The highest BCUT2D eigenvalue weighted by Gasteiger charge is 2.26. The SMILES string of the molecule is C/C(=N\NC(=O)c1nnn(-c2nonc2N)c1CN1CCCCC1)c1cccc(Br)c1. The molecule has 1 aliphatic rings. The van der Waals surface area contributed by atoms with Crippen molar-refractivity contribution >= 4 is 33.4 Å². The van der Waals surface area contributed by atoms with Gasteiger partial charge in [-0.1, -0.05) is 39.7 Å². The third kappa shape index (κ3) is 4.80. The first-order chi connectivity index (χ1) is 15.0. The Hall–Kier alpha value is -3.12. The topological polar surface area (TPSA) is 140 Å². The lowest BCUT2D eigenvalue weighted by atomic mass is 10.1. The molecule has 162 valence electrons. The van der Waals surface area contributed by atoms with Crippen LogP contribution in [0.1, 0.15) is 47.9 Å². The fourth-order valence-electron chi connectivity index (χ4n) is 3.42. The Balaban J connectivity index is 1.60. The minimum atomic E-state index is -0.470. The van der Waals surface area contributed by atoms with E-state index in [1.165, 1.54) is 11.1 Å².